The van der Waals surface area contributed by atoms with E-state index in [2.05, 4.69) is 0 Å². The van der Waals surface area contributed by atoms with Crippen molar-refractivity contribution < 1.29 is 19.5 Å². The first-order valence-electron chi connectivity index (χ1n) is 8.36. The average molecular weight is 387 g/mol. The van der Waals surface area contributed by atoms with Crippen LogP contribution in [-0.4, -0.2) is 58.4 Å². The lowest BCUT2D eigenvalue weighted by Gasteiger charge is -2.28. The normalized spacial score (nSPS) is 17.8. The first-order valence-corrected chi connectivity index (χ1v) is 9.62. The van der Waals surface area contributed by atoms with Gasteiger partial charge in [0.25, 0.3) is 0 Å². The van der Waals surface area contributed by atoms with E-state index < -0.39 is 5.97 Å². The van der Waals surface area contributed by atoms with E-state index in [0.717, 1.165) is 17.7 Å². The topological polar surface area (TPSA) is 77.9 Å². The second-order valence-corrected chi connectivity index (χ2v) is 7.67. The van der Waals surface area contributed by atoms with Gasteiger partial charge in [0.1, 0.15) is 6.54 Å². The summed E-state index contributed by atoms with van der Waals surface area (Å²) in [7, 11) is 0. The second kappa shape index (κ2) is 9.20. The van der Waals surface area contributed by atoms with E-state index in [1.807, 2.05) is 16.3 Å². The monoisotopic (exact) mass is 386 g/mol. The highest BCUT2D eigenvalue weighted by Gasteiger charge is 2.27. The molecule has 1 fully saturated rings. The minimum atomic E-state index is -1.01. The van der Waals surface area contributed by atoms with Gasteiger partial charge in [-0.15, -0.1) is 11.3 Å². The standard InChI is InChI=1S/C17H23ClN2O4S/c1-12(21)20(10-17(23)24)14-3-2-7-19(8-6-14)16(22)5-4-15-9-13(18)11-25-15/h9,11,14H,2-8,10H2,1H3,(H,23,24). The van der Waals surface area contributed by atoms with Crippen molar-refractivity contribution in [1.82, 2.24) is 9.80 Å². The van der Waals surface area contributed by atoms with Crippen molar-refractivity contribution >= 4 is 40.7 Å². The summed E-state index contributed by atoms with van der Waals surface area (Å²) >= 11 is 7.45. The minimum Gasteiger partial charge on any atom is -0.480 e. The summed E-state index contributed by atoms with van der Waals surface area (Å²) in [6, 6.07) is 1.76. The lowest BCUT2D eigenvalue weighted by molar-refractivity contribution is -0.145. The van der Waals surface area contributed by atoms with Crippen molar-refractivity contribution in [1.29, 1.82) is 0 Å². The van der Waals surface area contributed by atoms with E-state index in [4.69, 9.17) is 16.7 Å². The minimum absolute atomic E-state index is 0.0952. The van der Waals surface area contributed by atoms with Gasteiger partial charge in [-0.3, -0.25) is 14.4 Å². The van der Waals surface area contributed by atoms with Gasteiger partial charge in [-0.25, -0.2) is 0 Å². The molecule has 1 saturated heterocycles. The van der Waals surface area contributed by atoms with Crippen molar-refractivity contribution in [2.45, 2.75) is 45.1 Å². The Morgan fingerprint density at radius 1 is 1.36 bits per heavy atom. The van der Waals surface area contributed by atoms with Crippen LogP contribution in [0.25, 0.3) is 0 Å². The highest BCUT2D eigenvalue weighted by Crippen LogP contribution is 2.22. The van der Waals surface area contributed by atoms with Gasteiger partial charge in [-0.05, 0) is 31.7 Å². The molecule has 0 aliphatic carbocycles. The van der Waals surface area contributed by atoms with E-state index in [-0.39, 0.29) is 24.4 Å². The number of amides is 2. The van der Waals surface area contributed by atoms with Crippen LogP contribution in [0.2, 0.25) is 5.02 Å². The molecule has 2 heterocycles. The van der Waals surface area contributed by atoms with Gasteiger partial charge in [0.15, 0.2) is 0 Å². The molecule has 138 valence electrons. The van der Waals surface area contributed by atoms with Gasteiger partial charge in [0.2, 0.25) is 11.8 Å². The Labute approximate surface area is 156 Å². The number of hydrogen-bond acceptors (Lipinski definition) is 4. The molecule has 0 aromatic carbocycles. The Bertz CT molecular complexity index is 634. The number of carboxylic acid groups (broad SMARTS) is 1. The third-order valence-electron chi connectivity index (χ3n) is 4.41. The van der Waals surface area contributed by atoms with Crippen molar-refractivity contribution in [2.75, 3.05) is 19.6 Å². The highest BCUT2D eigenvalue weighted by molar-refractivity contribution is 7.10. The number of likely N-dealkylation sites (tertiary alicyclic amines) is 1. The van der Waals surface area contributed by atoms with Crippen molar-refractivity contribution in [3.05, 3.63) is 21.3 Å². The number of aliphatic carboxylic acids is 1. The summed E-state index contributed by atoms with van der Waals surface area (Å²) < 4.78 is 0. The summed E-state index contributed by atoms with van der Waals surface area (Å²) in [6.45, 7) is 2.31. The van der Waals surface area contributed by atoms with E-state index in [1.54, 1.807) is 11.3 Å². The van der Waals surface area contributed by atoms with E-state index >= 15 is 0 Å². The summed E-state index contributed by atoms with van der Waals surface area (Å²) in [5, 5.41) is 11.5. The Morgan fingerprint density at radius 2 is 2.12 bits per heavy atom. The summed E-state index contributed by atoms with van der Waals surface area (Å²) in [4.78, 5) is 39.5. The van der Waals surface area contributed by atoms with Gasteiger partial charge >= 0.3 is 5.97 Å². The molecule has 8 heteroatoms. The largest absolute Gasteiger partial charge is 0.480 e. The molecule has 1 unspecified atom stereocenters. The van der Waals surface area contributed by atoms with Crippen LogP contribution in [0.1, 0.15) is 37.5 Å². The van der Waals surface area contributed by atoms with Crippen LogP contribution in [0.3, 0.4) is 0 Å². The van der Waals surface area contributed by atoms with Crippen LogP contribution < -0.4 is 0 Å². The fourth-order valence-corrected chi connectivity index (χ4v) is 4.23. The van der Waals surface area contributed by atoms with Gasteiger partial charge < -0.3 is 14.9 Å². The maximum Gasteiger partial charge on any atom is 0.323 e. The zero-order chi connectivity index (χ0) is 18.4. The molecule has 0 spiro atoms. The summed E-state index contributed by atoms with van der Waals surface area (Å²) in [5.74, 6) is -1.15. The number of aryl methyl sites for hydroxylation is 1. The first-order chi connectivity index (χ1) is 11.9. The maximum absolute atomic E-state index is 12.4. The number of carbonyl (C=O) groups excluding carboxylic acids is 2. The fraction of sp³-hybridized carbons (Fsp3) is 0.588. The van der Waals surface area contributed by atoms with Crippen LogP contribution in [0.4, 0.5) is 0 Å². The van der Waals surface area contributed by atoms with Gasteiger partial charge in [-0.2, -0.15) is 0 Å². The molecule has 1 atom stereocenters. The molecule has 1 aromatic heterocycles. The van der Waals surface area contributed by atoms with Crippen LogP contribution >= 0.6 is 22.9 Å². The number of carbonyl (C=O) groups is 3. The third kappa shape index (κ3) is 6.01. The molecule has 25 heavy (non-hydrogen) atoms. The Hall–Kier alpha value is -1.60. The van der Waals surface area contributed by atoms with Crippen LogP contribution in [0, 0.1) is 0 Å². The molecule has 0 radical (unpaired) electrons. The Balaban J connectivity index is 1.87. The first kappa shape index (κ1) is 19.7. The molecule has 1 N–H and O–H groups in total. The molecule has 6 nitrogen and oxygen atoms in total. The lowest BCUT2D eigenvalue weighted by atomic mass is 10.1. The smallest absolute Gasteiger partial charge is 0.323 e. The Morgan fingerprint density at radius 3 is 2.72 bits per heavy atom. The molecular weight excluding hydrogens is 364 g/mol. The number of carboxylic acids is 1. The fourth-order valence-electron chi connectivity index (χ4n) is 3.16. The van der Waals surface area contributed by atoms with Crippen molar-refractivity contribution in [2.24, 2.45) is 0 Å². The number of nitrogens with zero attached hydrogens (tertiary/aromatic N) is 2. The SMILES string of the molecule is CC(=O)N(CC(=O)O)C1CCCN(C(=O)CCc2cc(Cl)cs2)CC1. The number of thiophene rings is 1. The van der Waals surface area contributed by atoms with E-state index in [9.17, 15) is 14.4 Å². The van der Waals surface area contributed by atoms with Crippen molar-refractivity contribution in [3.63, 3.8) is 0 Å². The lowest BCUT2D eigenvalue weighted by Crippen LogP contribution is -2.43. The van der Waals surface area contributed by atoms with Gasteiger partial charge in [0.05, 0.1) is 5.02 Å². The maximum atomic E-state index is 12.4. The predicted molar refractivity (Wildman–Crippen MR) is 96.9 cm³/mol. The molecular formula is C17H23ClN2O4S. The van der Waals surface area contributed by atoms with Gasteiger partial charge in [0, 0.05) is 42.7 Å². The zero-order valence-corrected chi connectivity index (χ0v) is 15.8. The van der Waals surface area contributed by atoms with Crippen LogP contribution in [-0.2, 0) is 20.8 Å². The third-order valence-corrected chi connectivity index (χ3v) is 5.75. The molecule has 2 rings (SSSR count). The van der Waals surface area contributed by atoms with Crippen LogP contribution in [0.5, 0.6) is 0 Å². The Kier molecular flexibility index (Phi) is 7.25. The molecule has 0 saturated carbocycles. The number of halogens is 1. The summed E-state index contributed by atoms with van der Waals surface area (Å²) in [5.41, 5.74) is 0. The molecule has 2 amide bonds. The molecule has 1 aliphatic heterocycles. The second-order valence-electron chi connectivity index (χ2n) is 6.24. The predicted octanol–water partition coefficient (Wildman–Crippen LogP) is 2.65. The highest BCUT2D eigenvalue weighted by atomic mass is 35.5. The zero-order valence-electron chi connectivity index (χ0n) is 14.2. The molecule has 1 aliphatic rings. The quantitative estimate of drug-likeness (QED) is 0.815. The van der Waals surface area contributed by atoms with E-state index in [1.165, 1.54) is 11.8 Å². The molecule has 0 bridgehead atoms. The van der Waals surface area contributed by atoms with Crippen LogP contribution in [0.15, 0.2) is 11.4 Å². The van der Waals surface area contributed by atoms with Crippen molar-refractivity contribution in [3.8, 4) is 0 Å². The number of rotatable bonds is 6. The average Bonchev–Trinajstić information content (AvgIpc) is 2.81. The number of hydrogen-bond donors (Lipinski definition) is 1. The van der Waals surface area contributed by atoms with Gasteiger partial charge in [-0.1, -0.05) is 11.6 Å². The van der Waals surface area contributed by atoms with E-state index in [0.29, 0.717) is 37.4 Å². The summed E-state index contributed by atoms with van der Waals surface area (Å²) in [6.07, 6.45) is 3.22. The molecule has 1 aromatic rings.